The third-order valence-corrected chi connectivity index (χ3v) is 35.1. The van der Waals surface area contributed by atoms with Gasteiger partial charge in [-0.2, -0.15) is 48.1 Å². The van der Waals surface area contributed by atoms with Crippen molar-refractivity contribution in [3.05, 3.63) is 150 Å². The van der Waals surface area contributed by atoms with Crippen molar-refractivity contribution in [2.24, 2.45) is 0 Å². The van der Waals surface area contributed by atoms with E-state index in [1.165, 1.54) is 69.2 Å². The molecule has 3 aromatic carbocycles. The zero-order valence-electron chi connectivity index (χ0n) is 82.5. The van der Waals surface area contributed by atoms with Crippen molar-refractivity contribution >= 4 is 177 Å². The zero-order chi connectivity index (χ0) is 107. The quantitative estimate of drug-likeness (QED) is 0.00684. The Morgan fingerprint density at radius 1 is 0.534 bits per heavy atom. The highest BCUT2D eigenvalue weighted by Crippen LogP contribution is 2.47. The molecule has 4 aliphatic rings. The van der Waals surface area contributed by atoms with E-state index in [0.29, 0.717) is 44.3 Å². The SMILES string of the molecule is CC(=O)Nc1nc(OC(C)c2ccc(I)cc2[N+](=O)[O-])c2ncn([C@H]3CC(O)[C@@H](CO)O3)c2n1.CC(=O)Nc1nc(OCc2ccc(C#CCNC(=O)C(F)(F)F)cc2[N+](=O)[O-])c2ncn([C@H]3CC(O)[C@@H](CO)O3)c2n1.CC[C@H]1O[C@@H](n2cnc3c(=O)[nH]c(NC(C)=O)nc32)CC1O[Si](C)(C)C(C)(C)C.CC[C@H]1O[C@@H](n2cnc3c(OC(C)c4ccc(I)cc4[N+](=O)[O-])nc(NC(C)=O)nc32)CC1O[Si](C)(C)C(C)(C)C. The molecule has 146 heavy (non-hydrogen) atoms. The normalized spacial score (nSPS) is 20.4. The fraction of sp³-hybridized carbons (Fsp3) is 0.500. The summed E-state index contributed by atoms with van der Waals surface area (Å²) in [5, 5.41) is 85.8. The molecule has 49 nitrogen and oxygen atoms in total. The number of aliphatic hydroxyl groups is 4. The summed E-state index contributed by atoms with van der Waals surface area (Å²) in [6.07, 6.45) is -3.26. The van der Waals surface area contributed by atoms with Gasteiger partial charge in [-0.05, 0) is 145 Å². The van der Waals surface area contributed by atoms with E-state index in [4.69, 9.17) is 42.0 Å². The lowest BCUT2D eigenvalue weighted by atomic mass is 10.1. The molecule has 4 fully saturated rings. The Kier molecular flexibility index (Phi) is 35.9. The minimum absolute atomic E-state index is 0.00472. The molecular formula is C90H111F3I2N24O25Si2. The van der Waals surface area contributed by atoms with Crippen molar-refractivity contribution < 1.29 is 114 Å². The number of rotatable bonds is 29. The maximum Gasteiger partial charge on any atom is 0.471 e. The average Bonchev–Trinajstić information content (AvgIpc) is 1.62. The number of amides is 5. The number of ether oxygens (including phenoxy) is 7. The standard InChI is InChI=1S/C27H37IN6O6Si.C24H22F3N7O8.C20H21IN6O7.C19H31N5O4Si/c1-9-20-21(40-41(7,8)27(4,5)6)13-22(39-20)33-14-29-23-24(33)31-26(30-16(3)35)32-25(23)38-15(2)18-11-10-17(28)12-19(18)34(36)37;1-12(36)30-23-31-20-19(29-11-33(20)18-8-16(37)17(9-35)42-18)21(32-23)41-10-14-5-4-13(7-15(14)34(39)40)3-2-6-28-22(38)24(25,26)27;1-9(12-4-3-11(21)5-13(12)27(31)32)33-19-17-18(24-20(25-19)23-10(2)29)26(8-22-17)16-6-14(30)15(7-28)34-16;1-8-12-13(28-29(6,7)19(3,4)5)9-14(27-12)24-10-20-15-16(24)22-18(21-11(2)25)23-17(15)26/h10-12,14-15,20-22H,9,13H2,1-8H3,(H,30,31,32,35);4-5,7,11,16-18,35,37H,6,8-10H2,1H3,(H,28,38)(H,30,31,32,36);3-5,8-9,14-16,28,30H,6-7H2,1-2H3,(H,23,24,25,29);10,12-14H,8-9H2,1-7H3,(H2,21,22,23,25,26)/t15?,20-,21?,22-;16?,17-,18-;9?,14?,15-,16-;12-,13?,14-/m1111/s1. The summed E-state index contributed by atoms with van der Waals surface area (Å²) in [5.74, 6) is 0.851. The first-order chi connectivity index (χ1) is 68.6. The average molecular weight is 2300 g/mol. The molecule has 0 radical (unpaired) electrons. The molecule has 5 amide bonds. The van der Waals surface area contributed by atoms with Gasteiger partial charge in [-0.15, -0.1) is 0 Å². The fourth-order valence-electron chi connectivity index (χ4n) is 15.4. The van der Waals surface area contributed by atoms with Gasteiger partial charge < -0.3 is 67.8 Å². The van der Waals surface area contributed by atoms with Crippen LogP contribution in [0.2, 0.25) is 36.3 Å². The largest absolute Gasteiger partial charge is 0.471 e. The van der Waals surface area contributed by atoms with Crippen LogP contribution >= 0.6 is 45.2 Å². The van der Waals surface area contributed by atoms with Crippen LogP contribution in [0.4, 0.5) is 54.0 Å². The molecule has 10 N–H and O–H groups in total. The van der Waals surface area contributed by atoms with Gasteiger partial charge in [0.15, 0.2) is 61.3 Å². The van der Waals surface area contributed by atoms with Gasteiger partial charge in [0.25, 0.3) is 22.6 Å². The summed E-state index contributed by atoms with van der Waals surface area (Å²) >= 11 is 4.02. The van der Waals surface area contributed by atoms with Crippen molar-refractivity contribution in [1.29, 1.82) is 0 Å². The third kappa shape index (κ3) is 26.9. The molecule has 0 saturated carbocycles. The van der Waals surface area contributed by atoms with Crippen LogP contribution < -0.4 is 46.4 Å². The predicted molar refractivity (Wildman–Crippen MR) is 539 cm³/mol. The van der Waals surface area contributed by atoms with E-state index in [1.807, 2.05) is 49.7 Å². The molecule has 784 valence electrons. The second-order valence-corrected chi connectivity index (χ2v) is 49.4. The number of aromatic nitrogens is 16. The molecule has 15 rings (SSSR count). The minimum Gasteiger partial charge on any atom is -0.471 e. The van der Waals surface area contributed by atoms with Crippen molar-refractivity contribution in [1.82, 2.24) is 83.4 Å². The number of alkyl halides is 3. The molecule has 56 heteroatoms. The van der Waals surface area contributed by atoms with Crippen LogP contribution in [0.25, 0.3) is 44.7 Å². The van der Waals surface area contributed by atoms with Crippen LogP contribution in [-0.2, 0) is 58.4 Å². The number of hydrogen-bond donors (Lipinski definition) is 10. The number of carbonyl (C=O) groups is 5. The smallest absolute Gasteiger partial charge is 0.471 e. The molecule has 6 unspecified atom stereocenters. The number of benzene rings is 3. The van der Waals surface area contributed by atoms with Crippen molar-refractivity contribution in [3.63, 3.8) is 0 Å². The second kappa shape index (κ2) is 46.7. The monoisotopic (exact) mass is 2290 g/mol. The lowest BCUT2D eigenvalue weighted by Gasteiger charge is -2.39. The topological polar surface area (TPSA) is 633 Å². The molecule has 8 aromatic heterocycles. The van der Waals surface area contributed by atoms with Crippen molar-refractivity contribution in [2.45, 2.75) is 270 Å². The van der Waals surface area contributed by atoms with E-state index in [1.54, 1.807) is 65.2 Å². The van der Waals surface area contributed by atoms with Crippen LogP contribution in [0, 0.1) is 49.3 Å². The van der Waals surface area contributed by atoms with Crippen LogP contribution in [0.5, 0.6) is 17.6 Å². The maximum atomic E-state index is 12.3. The van der Waals surface area contributed by atoms with Gasteiger partial charge in [0.05, 0.1) is 113 Å². The molecular weight excluding hydrogens is 2180 g/mol. The number of fused-ring (bicyclic) bond motifs is 4. The molecule has 14 atom stereocenters. The molecule has 11 aromatic rings. The summed E-state index contributed by atoms with van der Waals surface area (Å²) < 4.78 is 100. The number of imidazole rings is 4. The van der Waals surface area contributed by atoms with Gasteiger partial charge in [-0.1, -0.05) is 67.2 Å². The highest BCUT2D eigenvalue weighted by molar-refractivity contribution is 14.1. The van der Waals surface area contributed by atoms with Crippen LogP contribution in [0.3, 0.4) is 0 Å². The van der Waals surface area contributed by atoms with Gasteiger partial charge in [-0.3, -0.25) is 104 Å². The number of nitrogens with zero attached hydrogens (tertiary/aromatic N) is 18. The van der Waals surface area contributed by atoms with E-state index < -0.39 is 142 Å². The highest BCUT2D eigenvalue weighted by Gasteiger charge is 2.48. The Labute approximate surface area is 860 Å². The van der Waals surface area contributed by atoms with Gasteiger partial charge in [-0.25, -0.2) is 19.9 Å². The first kappa shape index (κ1) is 112. The van der Waals surface area contributed by atoms with E-state index in [-0.39, 0.29) is 164 Å². The Bertz CT molecular complexity index is 6850. The van der Waals surface area contributed by atoms with E-state index >= 15 is 0 Å². The number of H-pyrrole nitrogens is 1. The fourth-order valence-corrected chi connectivity index (χ4v) is 19.1. The number of hydrogen-bond acceptors (Lipinski definition) is 36. The summed E-state index contributed by atoms with van der Waals surface area (Å²) in [7, 11) is -4.00. The minimum atomic E-state index is -5.06. The summed E-state index contributed by atoms with van der Waals surface area (Å²) in [6.45, 7) is 33.2. The number of halogens is 5. The zero-order valence-corrected chi connectivity index (χ0v) is 88.8. The molecule has 4 saturated heterocycles. The van der Waals surface area contributed by atoms with Crippen LogP contribution in [0.1, 0.15) is 195 Å². The van der Waals surface area contributed by atoms with E-state index in [9.17, 15) is 92.7 Å². The number of nitrogens with one attached hydrogen (secondary N) is 6. The molecule has 0 spiro atoms. The number of nitro benzene ring substituents is 3. The number of anilines is 4. The molecule has 0 aliphatic carbocycles. The number of carbonyl (C=O) groups excluding carboxylic acids is 5. The van der Waals surface area contributed by atoms with E-state index in [2.05, 4.69) is 174 Å². The van der Waals surface area contributed by atoms with Gasteiger partial charge >= 0.3 is 12.1 Å². The Morgan fingerprint density at radius 2 is 0.904 bits per heavy atom. The summed E-state index contributed by atoms with van der Waals surface area (Å²) in [4.78, 5) is 153. The number of aliphatic hydroxyl groups excluding tert-OH is 4. The molecule has 4 aliphatic heterocycles. The number of aromatic amines is 1. The Balaban J connectivity index is 0.000000175. The van der Waals surface area contributed by atoms with Crippen molar-refractivity contribution in [2.75, 3.05) is 41.0 Å². The van der Waals surface area contributed by atoms with E-state index in [0.717, 1.165) is 22.5 Å². The van der Waals surface area contributed by atoms with Gasteiger partial charge in [0, 0.05) is 84.3 Å². The maximum absolute atomic E-state index is 12.3. The Morgan fingerprint density at radius 3 is 1.27 bits per heavy atom. The lowest BCUT2D eigenvalue weighted by molar-refractivity contribution is -0.386. The number of nitro groups is 3. The summed E-state index contributed by atoms with van der Waals surface area (Å²) in [6, 6.07) is 13.5. The molecule has 0 bridgehead atoms. The molecule has 12 heterocycles. The first-order valence-electron chi connectivity index (χ1n) is 45.9. The second-order valence-electron chi connectivity index (χ2n) is 37.4. The first-order valence-corrected chi connectivity index (χ1v) is 53.9. The van der Waals surface area contributed by atoms with Crippen LogP contribution in [-0.4, -0.2) is 234 Å². The highest BCUT2D eigenvalue weighted by atomic mass is 127. The third-order valence-electron chi connectivity index (χ3n) is 24.7. The van der Waals surface area contributed by atoms with Gasteiger partial charge in [0.2, 0.25) is 65.1 Å². The van der Waals surface area contributed by atoms with Crippen LogP contribution in [0.15, 0.2) is 84.7 Å². The predicted octanol–water partition coefficient (Wildman–Crippen LogP) is 12.7. The Hall–Kier alpha value is -12.5. The summed E-state index contributed by atoms with van der Waals surface area (Å²) in [5.41, 5.74) is 2.05. The lowest BCUT2D eigenvalue weighted by Crippen LogP contribution is -2.45. The van der Waals surface area contributed by atoms with Gasteiger partial charge in [0.1, 0.15) is 55.9 Å². The van der Waals surface area contributed by atoms with Crippen molar-refractivity contribution in [3.8, 4) is 29.5 Å².